The number of nitrogens with zero attached hydrogens (tertiary/aromatic N) is 2. The highest BCUT2D eigenvalue weighted by atomic mass is 127. The van der Waals surface area contributed by atoms with Gasteiger partial charge in [-0.3, -0.25) is 9.36 Å². The number of aliphatic hydroxyl groups excluding tert-OH is 2. The van der Waals surface area contributed by atoms with Gasteiger partial charge in [0.15, 0.2) is 0 Å². The monoisotopic (exact) mass is 354 g/mol. The van der Waals surface area contributed by atoms with Crippen LogP contribution in [0.5, 0.6) is 0 Å². The van der Waals surface area contributed by atoms with E-state index in [1.165, 1.54) is 16.8 Å². The Morgan fingerprint density at radius 1 is 1.53 bits per heavy atom. The van der Waals surface area contributed by atoms with Gasteiger partial charge >= 0.3 is 5.69 Å². The third-order valence-electron chi connectivity index (χ3n) is 2.65. The number of ether oxygens (including phenoxy) is 1. The summed E-state index contributed by atoms with van der Waals surface area (Å²) >= 11 is 1.60. The molecule has 1 aromatic rings. The van der Waals surface area contributed by atoms with E-state index >= 15 is 0 Å². The molecule has 17 heavy (non-hydrogen) atoms. The lowest BCUT2D eigenvalue weighted by Gasteiger charge is -2.14. The molecule has 0 aliphatic carbocycles. The fourth-order valence-electron chi connectivity index (χ4n) is 1.74. The lowest BCUT2D eigenvalue weighted by molar-refractivity contribution is -0.0459. The topological polar surface area (TPSA) is 93.7 Å². The van der Waals surface area contributed by atoms with Crippen LogP contribution in [0.4, 0.5) is 0 Å². The number of hydrogen-bond donors (Lipinski definition) is 2. The summed E-state index contributed by atoms with van der Waals surface area (Å²) in [6, 6.07) is 1.25. The SMILES string of the molecule is O=c1ccn([C@@H]2CC(O)[C@H](CO)O2)c(=O)n1I. The van der Waals surface area contributed by atoms with Gasteiger partial charge in [0.2, 0.25) is 0 Å². The minimum absolute atomic E-state index is 0.208. The summed E-state index contributed by atoms with van der Waals surface area (Å²) in [5, 5.41) is 18.5. The highest BCUT2D eigenvalue weighted by molar-refractivity contribution is 14.1. The van der Waals surface area contributed by atoms with Gasteiger partial charge in [0.1, 0.15) is 12.3 Å². The predicted molar refractivity (Wildman–Crippen MR) is 66.0 cm³/mol. The Hall–Kier alpha value is -0.710. The second-order valence-electron chi connectivity index (χ2n) is 3.74. The molecular weight excluding hydrogens is 343 g/mol. The maximum atomic E-state index is 11.8. The molecule has 2 rings (SSSR count). The van der Waals surface area contributed by atoms with E-state index in [4.69, 9.17) is 9.84 Å². The maximum Gasteiger partial charge on any atom is 0.342 e. The molecule has 8 heteroatoms. The van der Waals surface area contributed by atoms with Gasteiger partial charge in [0, 0.05) is 18.7 Å². The Morgan fingerprint density at radius 3 is 2.82 bits per heavy atom. The molecule has 1 saturated heterocycles. The number of rotatable bonds is 2. The molecule has 0 saturated carbocycles. The summed E-state index contributed by atoms with van der Waals surface area (Å²) in [5.74, 6) is 0. The molecule has 3 atom stereocenters. The van der Waals surface area contributed by atoms with Crippen LogP contribution in [-0.4, -0.2) is 36.4 Å². The van der Waals surface area contributed by atoms with Crippen molar-refractivity contribution in [2.45, 2.75) is 24.9 Å². The molecular formula is C9H11IN2O5. The standard InChI is InChI=1S/C9H11IN2O5/c10-12-7(15)1-2-11(9(12)16)8-3-5(14)6(4-13)17-8/h1-2,5-6,8,13-14H,3-4H2/t5?,6-,8-/m0/s1. The van der Waals surface area contributed by atoms with Gasteiger partial charge in [-0.15, -0.1) is 0 Å². The van der Waals surface area contributed by atoms with Crippen molar-refractivity contribution >= 4 is 22.9 Å². The quantitative estimate of drug-likeness (QED) is 0.655. The molecule has 1 unspecified atom stereocenters. The Bertz CT molecular complexity index is 525. The van der Waals surface area contributed by atoms with Gasteiger partial charge in [0.05, 0.1) is 35.6 Å². The normalized spacial score (nSPS) is 28.5. The van der Waals surface area contributed by atoms with Gasteiger partial charge < -0.3 is 14.9 Å². The van der Waals surface area contributed by atoms with Crippen LogP contribution in [0.1, 0.15) is 12.6 Å². The van der Waals surface area contributed by atoms with Gasteiger partial charge in [-0.1, -0.05) is 0 Å². The Morgan fingerprint density at radius 2 is 2.24 bits per heavy atom. The van der Waals surface area contributed by atoms with Crippen molar-refractivity contribution in [3.05, 3.63) is 33.1 Å². The molecule has 7 nitrogen and oxygen atoms in total. The first-order valence-corrected chi connectivity index (χ1v) is 5.96. The van der Waals surface area contributed by atoms with Crippen LogP contribution in [0.3, 0.4) is 0 Å². The molecule has 0 bridgehead atoms. The predicted octanol–water partition coefficient (Wildman–Crippen LogP) is -1.15. The largest absolute Gasteiger partial charge is 0.394 e. The zero-order valence-electron chi connectivity index (χ0n) is 8.69. The van der Waals surface area contributed by atoms with E-state index < -0.39 is 29.7 Å². The summed E-state index contributed by atoms with van der Waals surface area (Å²) < 4.78 is 7.49. The second-order valence-corrected chi connectivity index (χ2v) is 4.70. The van der Waals surface area contributed by atoms with Crippen molar-refractivity contribution in [3.8, 4) is 0 Å². The Labute approximate surface area is 110 Å². The molecule has 0 radical (unpaired) electrons. The minimum atomic E-state index is -0.813. The van der Waals surface area contributed by atoms with E-state index in [1.807, 2.05) is 0 Å². The smallest absolute Gasteiger partial charge is 0.342 e. The van der Waals surface area contributed by atoms with Crippen molar-refractivity contribution in [2.24, 2.45) is 0 Å². The third kappa shape index (κ3) is 2.30. The number of aliphatic hydroxyl groups is 2. The van der Waals surface area contributed by atoms with Crippen molar-refractivity contribution in [1.82, 2.24) is 7.35 Å². The first-order chi connectivity index (χ1) is 8.04. The number of halogens is 1. The van der Waals surface area contributed by atoms with E-state index in [0.717, 1.165) is 2.78 Å². The Balaban J connectivity index is 2.34. The average molecular weight is 354 g/mol. The van der Waals surface area contributed by atoms with Crippen molar-refractivity contribution < 1.29 is 14.9 Å². The van der Waals surface area contributed by atoms with Gasteiger partial charge in [0.25, 0.3) is 5.56 Å². The number of aromatic nitrogens is 2. The van der Waals surface area contributed by atoms with E-state index in [0.29, 0.717) is 0 Å². The molecule has 1 fully saturated rings. The zero-order chi connectivity index (χ0) is 12.6. The number of hydrogen-bond acceptors (Lipinski definition) is 5. The summed E-state index contributed by atoms with van der Waals surface area (Å²) in [7, 11) is 0. The summed E-state index contributed by atoms with van der Waals surface area (Å²) in [5.41, 5.74) is -0.932. The van der Waals surface area contributed by atoms with E-state index in [9.17, 15) is 14.7 Å². The van der Waals surface area contributed by atoms with Crippen LogP contribution in [0.25, 0.3) is 0 Å². The third-order valence-corrected chi connectivity index (χ3v) is 3.54. The zero-order valence-corrected chi connectivity index (χ0v) is 10.9. The van der Waals surface area contributed by atoms with Crippen LogP contribution < -0.4 is 11.2 Å². The molecule has 2 N–H and O–H groups in total. The fraction of sp³-hybridized carbons (Fsp3) is 0.556. The molecule has 1 aliphatic rings. The first kappa shape index (κ1) is 12.7. The van der Waals surface area contributed by atoms with Crippen molar-refractivity contribution in [1.29, 1.82) is 0 Å². The molecule has 1 aliphatic heterocycles. The summed E-state index contributed by atoms with van der Waals surface area (Å²) in [4.78, 5) is 23.0. The lowest BCUT2D eigenvalue weighted by Crippen LogP contribution is -2.36. The van der Waals surface area contributed by atoms with E-state index in [-0.39, 0.29) is 13.0 Å². The maximum absolute atomic E-state index is 11.8. The van der Waals surface area contributed by atoms with Gasteiger partial charge in [-0.05, 0) is 0 Å². The van der Waals surface area contributed by atoms with Crippen LogP contribution in [0, 0.1) is 0 Å². The second kappa shape index (κ2) is 4.88. The summed E-state index contributed by atoms with van der Waals surface area (Å²) in [6.45, 7) is -0.309. The first-order valence-electron chi connectivity index (χ1n) is 4.99. The molecule has 1 aromatic heterocycles. The van der Waals surface area contributed by atoms with Gasteiger partial charge in [-0.2, -0.15) is 2.78 Å². The molecule has 0 spiro atoms. The van der Waals surface area contributed by atoms with Crippen molar-refractivity contribution in [3.63, 3.8) is 0 Å². The van der Waals surface area contributed by atoms with Crippen LogP contribution in [0.15, 0.2) is 21.9 Å². The Kier molecular flexibility index (Phi) is 3.66. The molecule has 2 heterocycles. The fourth-order valence-corrected chi connectivity index (χ4v) is 2.15. The van der Waals surface area contributed by atoms with Crippen molar-refractivity contribution in [2.75, 3.05) is 6.61 Å². The highest BCUT2D eigenvalue weighted by Crippen LogP contribution is 2.26. The van der Waals surface area contributed by atoms with Crippen LogP contribution in [0.2, 0.25) is 0 Å². The molecule has 94 valence electrons. The van der Waals surface area contributed by atoms with Crippen LogP contribution in [-0.2, 0) is 4.74 Å². The summed E-state index contributed by atoms with van der Waals surface area (Å²) in [6.07, 6.45) is -0.624. The van der Waals surface area contributed by atoms with E-state index in [2.05, 4.69) is 0 Å². The van der Waals surface area contributed by atoms with E-state index in [1.54, 1.807) is 22.9 Å². The molecule has 0 aromatic carbocycles. The van der Waals surface area contributed by atoms with Crippen LogP contribution >= 0.6 is 22.9 Å². The molecule has 0 amide bonds. The lowest BCUT2D eigenvalue weighted by atomic mass is 10.2. The average Bonchev–Trinajstić information content (AvgIpc) is 2.67. The minimum Gasteiger partial charge on any atom is -0.394 e. The highest BCUT2D eigenvalue weighted by Gasteiger charge is 2.35. The van der Waals surface area contributed by atoms with Gasteiger partial charge in [-0.25, -0.2) is 4.79 Å².